The number of aliphatic hydroxyl groups is 2. The summed E-state index contributed by atoms with van der Waals surface area (Å²) in [4.78, 5) is 47.9. The van der Waals surface area contributed by atoms with Crippen molar-refractivity contribution in [3.05, 3.63) is 108 Å². The Labute approximate surface area is 315 Å². The number of rotatable bonds is 16. The van der Waals surface area contributed by atoms with Gasteiger partial charge in [-0.15, -0.1) is 0 Å². The van der Waals surface area contributed by atoms with Gasteiger partial charge in [-0.05, 0) is 109 Å². The molecule has 4 atom stereocenters. The second kappa shape index (κ2) is 21.7. The number of benzene rings is 2. The first kappa shape index (κ1) is 42.7. The maximum absolute atomic E-state index is 12.0. The summed E-state index contributed by atoms with van der Waals surface area (Å²) in [6, 6.07) is 9.42. The lowest BCUT2D eigenvalue weighted by Crippen LogP contribution is -2.21. The van der Waals surface area contributed by atoms with Gasteiger partial charge in [-0.3, -0.25) is 19.2 Å². The number of methoxy groups -OCH3 is 4. The molecule has 54 heavy (non-hydrogen) atoms. The number of carbonyl (C=O) groups excluding carboxylic acids is 4. The largest absolute Gasteiger partial charge is 0.510 e. The van der Waals surface area contributed by atoms with Crippen molar-refractivity contribution in [1.82, 2.24) is 0 Å². The number of ketones is 4. The molecule has 0 saturated carbocycles. The quantitative estimate of drug-likeness (QED) is 0.105. The molecule has 0 heterocycles. The van der Waals surface area contributed by atoms with E-state index in [1.807, 2.05) is 0 Å². The van der Waals surface area contributed by atoms with E-state index in [0.717, 1.165) is 0 Å². The summed E-state index contributed by atoms with van der Waals surface area (Å²) in [5.41, 5.74) is 1.36. The first-order valence-electron chi connectivity index (χ1n) is 17.3. The zero-order valence-electron chi connectivity index (χ0n) is 30.8. The van der Waals surface area contributed by atoms with Crippen LogP contribution in [0.3, 0.4) is 0 Å². The van der Waals surface area contributed by atoms with Crippen molar-refractivity contribution in [3.8, 4) is 23.0 Å². The predicted octanol–water partition coefficient (Wildman–Crippen LogP) is 6.73. The zero-order chi connectivity index (χ0) is 39.6. The molecule has 0 spiro atoms. The van der Waals surface area contributed by atoms with Crippen LogP contribution in [0.5, 0.6) is 23.0 Å². The summed E-state index contributed by atoms with van der Waals surface area (Å²) in [6.45, 7) is 0. The van der Waals surface area contributed by atoms with Crippen LogP contribution in [0.1, 0.15) is 49.7 Å². The van der Waals surface area contributed by atoms with Crippen molar-refractivity contribution in [3.63, 3.8) is 0 Å². The van der Waals surface area contributed by atoms with Gasteiger partial charge >= 0.3 is 0 Å². The molecule has 2 aliphatic rings. The van der Waals surface area contributed by atoms with Crippen LogP contribution in [-0.2, 0) is 28.7 Å². The summed E-state index contributed by atoms with van der Waals surface area (Å²) in [5, 5.41) is 38.4. The van der Waals surface area contributed by atoms with Crippen molar-refractivity contribution in [2.75, 3.05) is 28.4 Å². The second-order valence-electron chi connectivity index (χ2n) is 12.6. The Morgan fingerprint density at radius 3 is 1.31 bits per heavy atom. The van der Waals surface area contributed by atoms with Crippen LogP contribution in [0.4, 0.5) is 0 Å². The van der Waals surface area contributed by atoms with Crippen LogP contribution in [0.2, 0.25) is 0 Å². The molecule has 2 aliphatic carbocycles. The highest BCUT2D eigenvalue weighted by molar-refractivity contribution is 6.10. The van der Waals surface area contributed by atoms with E-state index in [0.29, 0.717) is 48.3 Å². The first-order chi connectivity index (χ1) is 25.8. The smallest absolute Gasteiger partial charge is 0.163 e. The molecule has 4 rings (SSSR count). The minimum atomic E-state index is -0.352. The SMILES string of the molecule is COc1cc(C=CC(=O)CC(=O)C=CC2CC=C(O)C(OC)C2)ccc1O.COc1cc(C=CC(=O)CC(=O)C=CC2CC=C(O)C(OC)C2)ccc1O. The average molecular weight is 745 g/mol. The van der Waals surface area contributed by atoms with Gasteiger partial charge in [0, 0.05) is 14.2 Å². The van der Waals surface area contributed by atoms with Crippen molar-refractivity contribution in [1.29, 1.82) is 0 Å². The molecule has 2 aromatic carbocycles. The lowest BCUT2D eigenvalue weighted by molar-refractivity contribution is -0.123. The molecule has 0 bridgehead atoms. The van der Waals surface area contributed by atoms with Gasteiger partial charge in [0.15, 0.2) is 46.1 Å². The van der Waals surface area contributed by atoms with E-state index in [-0.39, 0.29) is 83.0 Å². The van der Waals surface area contributed by atoms with E-state index in [1.54, 1.807) is 60.7 Å². The molecule has 288 valence electrons. The fourth-order valence-corrected chi connectivity index (χ4v) is 5.58. The van der Waals surface area contributed by atoms with Crippen LogP contribution in [0.25, 0.3) is 12.2 Å². The number of ether oxygens (including phenoxy) is 4. The molecular formula is C42H48O12. The zero-order valence-corrected chi connectivity index (χ0v) is 30.8. The molecule has 0 aliphatic heterocycles. The lowest BCUT2D eigenvalue weighted by Gasteiger charge is -2.23. The van der Waals surface area contributed by atoms with Crippen molar-refractivity contribution in [2.45, 2.75) is 50.7 Å². The average Bonchev–Trinajstić information content (AvgIpc) is 3.16. The number of hydrogen-bond donors (Lipinski definition) is 4. The van der Waals surface area contributed by atoms with Crippen molar-refractivity contribution < 1.29 is 58.6 Å². The summed E-state index contributed by atoms with van der Waals surface area (Å²) in [5.74, 6) is 0.0950. The van der Waals surface area contributed by atoms with Gasteiger partial charge in [-0.25, -0.2) is 0 Å². The number of aliphatic hydroxyl groups excluding tert-OH is 2. The first-order valence-corrected chi connectivity index (χ1v) is 17.3. The van der Waals surface area contributed by atoms with Gasteiger partial charge in [0.25, 0.3) is 0 Å². The monoisotopic (exact) mass is 744 g/mol. The molecule has 2 aromatic rings. The van der Waals surface area contributed by atoms with Crippen LogP contribution < -0.4 is 9.47 Å². The number of carbonyl (C=O) groups is 4. The van der Waals surface area contributed by atoms with E-state index in [4.69, 9.17) is 18.9 Å². The molecule has 4 N–H and O–H groups in total. The van der Waals surface area contributed by atoms with E-state index in [1.165, 1.54) is 64.9 Å². The summed E-state index contributed by atoms with van der Waals surface area (Å²) in [6.07, 6.45) is 16.9. The van der Waals surface area contributed by atoms with Gasteiger partial charge < -0.3 is 39.4 Å². The Hall–Kier alpha value is -5.72. The van der Waals surface area contributed by atoms with E-state index < -0.39 is 0 Å². The molecule has 12 heteroatoms. The maximum atomic E-state index is 12.0. The third-order valence-electron chi connectivity index (χ3n) is 8.66. The van der Waals surface area contributed by atoms with E-state index in [9.17, 15) is 39.6 Å². The van der Waals surface area contributed by atoms with Crippen LogP contribution in [-0.4, -0.2) is 84.2 Å². The fraction of sp³-hybridized carbons (Fsp3) is 0.333. The highest BCUT2D eigenvalue weighted by atomic mass is 16.5. The van der Waals surface area contributed by atoms with Crippen molar-refractivity contribution >= 4 is 35.3 Å². The number of phenolic OH excluding ortho intramolecular Hbond substituents is 2. The standard InChI is InChI=1S/2C21H24O6/c2*1-26-20-11-14(5-9-18(20)24)3-7-16(22)13-17(23)8-4-15-6-10-19(25)21(12-15)27-2/h2*3-5,7-11,15,21,24-25H,6,12-13H2,1-2H3. The number of phenols is 2. The van der Waals surface area contributed by atoms with Gasteiger partial charge in [-0.2, -0.15) is 0 Å². The summed E-state index contributed by atoms with van der Waals surface area (Å²) >= 11 is 0. The Bertz CT molecular complexity index is 1680. The van der Waals surface area contributed by atoms with Gasteiger partial charge in [0.2, 0.25) is 0 Å². The molecule has 4 unspecified atom stereocenters. The molecular weight excluding hydrogens is 696 g/mol. The molecule has 0 aromatic heterocycles. The fourth-order valence-electron chi connectivity index (χ4n) is 5.58. The molecule has 0 radical (unpaired) electrons. The lowest BCUT2D eigenvalue weighted by atomic mass is 9.90. The third kappa shape index (κ3) is 14.0. The minimum Gasteiger partial charge on any atom is -0.510 e. The maximum Gasteiger partial charge on any atom is 0.163 e. The van der Waals surface area contributed by atoms with E-state index in [2.05, 4.69) is 0 Å². The van der Waals surface area contributed by atoms with Crippen LogP contribution in [0, 0.1) is 11.8 Å². The van der Waals surface area contributed by atoms with Gasteiger partial charge in [-0.1, -0.05) is 36.4 Å². The van der Waals surface area contributed by atoms with E-state index >= 15 is 0 Å². The summed E-state index contributed by atoms with van der Waals surface area (Å²) in [7, 11) is 5.94. The molecule has 0 amide bonds. The third-order valence-corrected chi connectivity index (χ3v) is 8.66. The Balaban J connectivity index is 0.000000290. The van der Waals surface area contributed by atoms with Crippen LogP contribution >= 0.6 is 0 Å². The van der Waals surface area contributed by atoms with Crippen molar-refractivity contribution in [2.24, 2.45) is 11.8 Å². The topological polar surface area (TPSA) is 186 Å². The normalized spacial score (nSPS) is 20.0. The Kier molecular flexibility index (Phi) is 17.2. The number of allylic oxidation sites excluding steroid dienone is 8. The highest BCUT2D eigenvalue weighted by Crippen LogP contribution is 2.29. The van der Waals surface area contributed by atoms with Gasteiger partial charge in [0.1, 0.15) is 23.7 Å². The second-order valence-corrected chi connectivity index (χ2v) is 12.6. The van der Waals surface area contributed by atoms with Gasteiger partial charge in [0.05, 0.1) is 27.1 Å². The predicted molar refractivity (Wildman–Crippen MR) is 203 cm³/mol. The molecule has 12 nitrogen and oxygen atoms in total. The minimum absolute atomic E-state index is 0.0166. The number of aromatic hydroxyl groups is 2. The molecule has 0 fully saturated rings. The van der Waals surface area contributed by atoms with Crippen LogP contribution in [0.15, 0.2) is 96.5 Å². The number of hydrogen-bond acceptors (Lipinski definition) is 12. The Morgan fingerprint density at radius 1 is 0.593 bits per heavy atom. The summed E-state index contributed by atoms with van der Waals surface area (Å²) < 4.78 is 20.4. The Morgan fingerprint density at radius 2 is 0.963 bits per heavy atom. The molecule has 0 saturated heterocycles. The highest BCUT2D eigenvalue weighted by Gasteiger charge is 2.23.